The van der Waals surface area contributed by atoms with Crippen molar-refractivity contribution in [3.63, 3.8) is 0 Å². The van der Waals surface area contributed by atoms with Crippen molar-refractivity contribution < 1.29 is 4.79 Å². The van der Waals surface area contributed by atoms with Crippen molar-refractivity contribution in [3.8, 4) is 0 Å². The Hall–Kier alpha value is -1.46. The van der Waals surface area contributed by atoms with E-state index < -0.39 is 0 Å². The molecule has 0 unspecified atom stereocenters. The largest absolute Gasteiger partial charge is 0.346 e. The number of aryl methyl sites for hydroxylation is 1. The van der Waals surface area contributed by atoms with Crippen LogP contribution in [0.15, 0.2) is 17.5 Å². The smallest absolute Gasteiger partial charge is 0.251 e. The second kappa shape index (κ2) is 6.33. The Balaban J connectivity index is 2.09. The Kier molecular flexibility index (Phi) is 4.73. The van der Waals surface area contributed by atoms with Gasteiger partial charge in [0.25, 0.3) is 5.91 Å². The van der Waals surface area contributed by atoms with Crippen molar-refractivity contribution >= 4 is 28.8 Å². The average Bonchev–Trinajstić information content (AvgIpc) is 2.81. The van der Waals surface area contributed by atoms with Gasteiger partial charge in [0.15, 0.2) is 0 Å². The molecule has 2 heterocycles. The number of nitrogens with one attached hydrogen (secondary N) is 1. The molecule has 2 aromatic heterocycles. The van der Waals surface area contributed by atoms with Crippen molar-refractivity contribution in [2.45, 2.75) is 33.2 Å². The van der Waals surface area contributed by atoms with Gasteiger partial charge in [-0.2, -0.15) is 0 Å². The number of rotatable bonds is 4. The molecule has 6 heteroatoms. The summed E-state index contributed by atoms with van der Waals surface area (Å²) in [6.07, 6.45) is 0. The van der Waals surface area contributed by atoms with Crippen molar-refractivity contribution in [2.75, 3.05) is 0 Å². The molecule has 0 bridgehead atoms. The first-order valence-corrected chi connectivity index (χ1v) is 7.58. The summed E-state index contributed by atoms with van der Waals surface area (Å²) in [5.74, 6) is 0.0610. The molecule has 4 nitrogen and oxygen atoms in total. The number of pyridine rings is 1. The van der Waals surface area contributed by atoms with E-state index in [1.54, 1.807) is 12.1 Å². The van der Waals surface area contributed by atoms with Gasteiger partial charge in [0.2, 0.25) is 0 Å². The highest BCUT2D eigenvalue weighted by atomic mass is 35.5. The maximum Gasteiger partial charge on any atom is 0.251 e. The molecule has 0 saturated carbocycles. The van der Waals surface area contributed by atoms with Crippen LogP contribution < -0.4 is 5.32 Å². The van der Waals surface area contributed by atoms with Crippen LogP contribution in [0.1, 0.15) is 46.5 Å². The highest BCUT2D eigenvalue weighted by Crippen LogP contribution is 2.18. The van der Waals surface area contributed by atoms with Crippen LogP contribution in [0.5, 0.6) is 0 Å². The van der Waals surface area contributed by atoms with Gasteiger partial charge in [0, 0.05) is 22.3 Å². The first-order valence-electron chi connectivity index (χ1n) is 6.32. The van der Waals surface area contributed by atoms with Crippen LogP contribution in [0.25, 0.3) is 0 Å². The Morgan fingerprint density at radius 3 is 2.75 bits per heavy atom. The summed E-state index contributed by atoms with van der Waals surface area (Å²) >= 11 is 7.49. The minimum Gasteiger partial charge on any atom is -0.346 e. The van der Waals surface area contributed by atoms with Gasteiger partial charge in [-0.25, -0.2) is 9.97 Å². The maximum atomic E-state index is 12.1. The first-order chi connectivity index (χ1) is 9.45. The Bertz CT molecular complexity index is 625. The standard InChI is InChI=1S/C14H16ClN3OS/c1-8(2)11-4-10(5-12(15)18-11)14(19)16-6-13-17-9(3)7-20-13/h4-5,7-8H,6H2,1-3H3,(H,16,19). The second-order valence-electron chi connectivity index (χ2n) is 4.82. The predicted octanol–water partition coefficient (Wildman–Crippen LogP) is 3.55. The number of hydrogen-bond donors (Lipinski definition) is 1. The monoisotopic (exact) mass is 309 g/mol. The molecule has 2 aromatic rings. The van der Waals surface area contributed by atoms with E-state index in [-0.39, 0.29) is 11.8 Å². The number of hydrogen-bond acceptors (Lipinski definition) is 4. The fourth-order valence-corrected chi connectivity index (χ4v) is 2.61. The van der Waals surface area contributed by atoms with E-state index in [2.05, 4.69) is 15.3 Å². The lowest BCUT2D eigenvalue weighted by atomic mass is 10.1. The minimum atomic E-state index is -0.163. The van der Waals surface area contributed by atoms with Gasteiger partial charge in [0.1, 0.15) is 10.2 Å². The highest BCUT2D eigenvalue weighted by Gasteiger charge is 2.11. The SMILES string of the molecule is Cc1csc(CNC(=O)c2cc(Cl)nc(C(C)C)c2)n1. The molecule has 2 rings (SSSR count). The van der Waals surface area contributed by atoms with Crippen molar-refractivity contribution in [1.82, 2.24) is 15.3 Å². The number of carbonyl (C=O) groups excluding carboxylic acids is 1. The zero-order chi connectivity index (χ0) is 14.7. The molecule has 0 aliphatic carbocycles. The lowest BCUT2D eigenvalue weighted by Crippen LogP contribution is -2.23. The van der Waals surface area contributed by atoms with E-state index in [9.17, 15) is 4.79 Å². The molecule has 0 aromatic carbocycles. The van der Waals surface area contributed by atoms with E-state index in [1.807, 2.05) is 26.2 Å². The van der Waals surface area contributed by atoms with Crippen LogP contribution in [0.3, 0.4) is 0 Å². The van der Waals surface area contributed by atoms with E-state index >= 15 is 0 Å². The van der Waals surface area contributed by atoms with Crippen LogP contribution in [0.2, 0.25) is 5.15 Å². The number of aromatic nitrogens is 2. The van der Waals surface area contributed by atoms with Gasteiger partial charge < -0.3 is 5.32 Å². The third-order valence-corrected chi connectivity index (χ3v) is 3.89. The normalized spacial score (nSPS) is 10.8. The highest BCUT2D eigenvalue weighted by molar-refractivity contribution is 7.09. The number of amides is 1. The molecule has 0 radical (unpaired) electrons. The van der Waals surface area contributed by atoms with Gasteiger partial charge in [-0.15, -0.1) is 11.3 Å². The van der Waals surface area contributed by atoms with Crippen molar-refractivity contribution in [3.05, 3.63) is 44.6 Å². The fraction of sp³-hybridized carbons (Fsp3) is 0.357. The van der Waals surface area contributed by atoms with Crippen LogP contribution in [0.4, 0.5) is 0 Å². The van der Waals surface area contributed by atoms with Gasteiger partial charge in [-0.05, 0) is 25.0 Å². The number of carbonyl (C=O) groups is 1. The summed E-state index contributed by atoms with van der Waals surface area (Å²) < 4.78 is 0. The Morgan fingerprint density at radius 1 is 1.40 bits per heavy atom. The number of thiazole rings is 1. The topological polar surface area (TPSA) is 54.9 Å². The molecular weight excluding hydrogens is 294 g/mol. The molecular formula is C14H16ClN3OS. The molecule has 106 valence electrons. The molecule has 0 atom stereocenters. The molecule has 1 N–H and O–H groups in total. The molecule has 0 fully saturated rings. The lowest BCUT2D eigenvalue weighted by Gasteiger charge is -2.08. The summed E-state index contributed by atoms with van der Waals surface area (Å²) in [4.78, 5) is 20.6. The summed E-state index contributed by atoms with van der Waals surface area (Å²) in [6.45, 7) is 6.38. The van der Waals surface area contributed by atoms with Gasteiger partial charge in [-0.1, -0.05) is 25.4 Å². The van der Waals surface area contributed by atoms with Crippen molar-refractivity contribution in [1.29, 1.82) is 0 Å². The van der Waals surface area contributed by atoms with Gasteiger partial charge >= 0.3 is 0 Å². The zero-order valence-corrected chi connectivity index (χ0v) is 13.2. The van der Waals surface area contributed by atoms with E-state index in [1.165, 1.54) is 11.3 Å². The first kappa shape index (κ1) is 14.9. The molecule has 0 saturated heterocycles. The summed E-state index contributed by atoms with van der Waals surface area (Å²) in [5.41, 5.74) is 2.31. The maximum absolute atomic E-state index is 12.1. The number of nitrogens with zero attached hydrogens (tertiary/aromatic N) is 2. The van der Waals surface area contributed by atoms with Crippen molar-refractivity contribution in [2.24, 2.45) is 0 Å². The third kappa shape index (κ3) is 3.77. The van der Waals surface area contributed by atoms with Gasteiger partial charge in [-0.3, -0.25) is 4.79 Å². The molecule has 0 spiro atoms. The van der Waals surface area contributed by atoms with Gasteiger partial charge in [0.05, 0.1) is 6.54 Å². The van der Waals surface area contributed by atoms with Crippen LogP contribution in [-0.4, -0.2) is 15.9 Å². The quantitative estimate of drug-likeness (QED) is 0.879. The van der Waals surface area contributed by atoms with E-state index in [4.69, 9.17) is 11.6 Å². The molecule has 0 aliphatic heterocycles. The minimum absolute atomic E-state index is 0.163. The van der Waals surface area contributed by atoms with Crippen LogP contribution in [-0.2, 0) is 6.54 Å². The second-order valence-corrected chi connectivity index (χ2v) is 6.15. The fourth-order valence-electron chi connectivity index (χ4n) is 1.69. The Morgan fingerprint density at radius 2 is 2.15 bits per heavy atom. The molecule has 0 aliphatic rings. The predicted molar refractivity (Wildman–Crippen MR) is 81.4 cm³/mol. The average molecular weight is 310 g/mol. The van der Waals surface area contributed by atoms with E-state index in [0.717, 1.165) is 16.4 Å². The summed E-state index contributed by atoms with van der Waals surface area (Å²) in [5, 5.41) is 6.03. The zero-order valence-electron chi connectivity index (χ0n) is 11.6. The van der Waals surface area contributed by atoms with Crippen LogP contribution in [0, 0.1) is 6.92 Å². The molecule has 1 amide bonds. The van der Waals surface area contributed by atoms with E-state index in [0.29, 0.717) is 17.3 Å². The van der Waals surface area contributed by atoms with Crippen LogP contribution >= 0.6 is 22.9 Å². The third-order valence-electron chi connectivity index (χ3n) is 2.73. The molecule has 20 heavy (non-hydrogen) atoms. The summed E-state index contributed by atoms with van der Waals surface area (Å²) in [6, 6.07) is 3.36. The Labute approximate surface area is 127 Å². The lowest BCUT2D eigenvalue weighted by molar-refractivity contribution is 0.0950. The summed E-state index contributed by atoms with van der Waals surface area (Å²) in [7, 11) is 0. The number of halogens is 1.